The van der Waals surface area contributed by atoms with Crippen molar-refractivity contribution in [2.24, 2.45) is 0 Å². The van der Waals surface area contributed by atoms with Gasteiger partial charge in [0.2, 0.25) is 5.75 Å². The summed E-state index contributed by atoms with van der Waals surface area (Å²) in [7, 11) is 0. The lowest BCUT2D eigenvalue weighted by Crippen LogP contribution is -2.07. The van der Waals surface area contributed by atoms with Gasteiger partial charge in [0.15, 0.2) is 11.5 Å². The van der Waals surface area contributed by atoms with Gasteiger partial charge < -0.3 is 14.2 Å². The molecule has 3 heteroatoms. The van der Waals surface area contributed by atoms with Gasteiger partial charge in [-0.25, -0.2) is 0 Å². The molecule has 330 valence electrons. The summed E-state index contributed by atoms with van der Waals surface area (Å²) >= 11 is 0. The minimum Gasteiger partial charge on any atom is -0.490 e. The van der Waals surface area contributed by atoms with Gasteiger partial charge in [-0.1, -0.05) is 259 Å². The quantitative estimate of drug-likeness (QED) is 0.0616. The van der Waals surface area contributed by atoms with Crippen LogP contribution in [0.5, 0.6) is 17.2 Å². The summed E-state index contributed by atoms with van der Waals surface area (Å²) in [5.41, 5.74) is 1.28. The number of aryl methyl sites for hydroxylation is 1. The Morgan fingerprint density at radius 3 is 0.714 bits per heavy atom. The van der Waals surface area contributed by atoms with Gasteiger partial charge in [0.1, 0.15) is 0 Å². The van der Waals surface area contributed by atoms with Crippen molar-refractivity contribution in [1.82, 2.24) is 0 Å². The summed E-state index contributed by atoms with van der Waals surface area (Å²) in [6, 6.07) is 4.44. The van der Waals surface area contributed by atoms with E-state index in [9.17, 15) is 0 Å². The molecule has 0 aliphatic heterocycles. The molecule has 1 aromatic rings. The SMILES string of the molecule is CCCCCCCCCCCCCCCOc1cc(CC)cc(OCCCCCCCCCCCCCCC)c1OCCCCCCCCCCCCCCC. The first-order valence-electron chi connectivity index (χ1n) is 25.8. The zero-order chi connectivity index (χ0) is 40.3. The number of unbranched alkanes of at least 4 members (excludes halogenated alkanes) is 36. The van der Waals surface area contributed by atoms with E-state index >= 15 is 0 Å². The van der Waals surface area contributed by atoms with Crippen molar-refractivity contribution < 1.29 is 14.2 Å². The van der Waals surface area contributed by atoms with Gasteiger partial charge in [0.25, 0.3) is 0 Å². The van der Waals surface area contributed by atoms with Gasteiger partial charge in [-0.15, -0.1) is 0 Å². The largest absolute Gasteiger partial charge is 0.490 e. The highest BCUT2D eigenvalue weighted by atomic mass is 16.5. The molecule has 0 fully saturated rings. The fourth-order valence-corrected chi connectivity index (χ4v) is 8.09. The van der Waals surface area contributed by atoms with Gasteiger partial charge in [-0.3, -0.25) is 0 Å². The van der Waals surface area contributed by atoms with Crippen LogP contribution in [-0.2, 0) is 6.42 Å². The van der Waals surface area contributed by atoms with Crippen molar-refractivity contribution in [3.05, 3.63) is 17.7 Å². The molecule has 0 spiro atoms. The maximum absolute atomic E-state index is 6.56. The molecule has 1 aromatic carbocycles. The van der Waals surface area contributed by atoms with Crippen molar-refractivity contribution in [2.45, 2.75) is 285 Å². The van der Waals surface area contributed by atoms with E-state index in [-0.39, 0.29) is 0 Å². The molecule has 56 heavy (non-hydrogen) atoms. The van der Waals surface area contributed by atoms with Crippen molar-refractivity contribution >= 4 is 0 Å². The lowest BCUT2D eigenvalue weighted by atomic mass is 10.0. The summed E-state index contributed by atoms with van der Waals surface area (Å²) in [6.45, 7) is 11.4. The van der Waals surface area contributed by atoms with Gasteiger partial charge in [-0.05, 0) is 43.4 Å². The van der Waals surface area contributed by atoms with E-state index < -0.39 is 0 Å². The number of hydrogen-bond donors (Lipinski definition) is 0. The molecular formula is C53H100O3. The average Bonchev–Trinajstić information content (AvgIpc) is 3.21. The van der Waals surface area contributed by atoms with Crippen molar-refractivity contribution in [1.29, 1.82) is 0 Å². The van der Waals surface area contributed by atoms with Crippen LogP contribution in [0.4, 0.5) is 0 Å². The second-order valence-electron chi connectivity index (χ2n) is 17.5. The van der Waals surface area contributed by atoms with Crippen LogP contribution in [0.3, 0.4) is 0 Å². The summed E-state index contributed by atoms with van der Waals surface area (Å²) in [5, 5.41) is 0. The second kappa shape index (κ2) is 43.2. The van der Waals surface area contributed by atoms with Crippen molar-refractivity contribution in [3.8, 4) is 17.2 Å². The molecule has 0 aliphatic carbocycles. The maximum atomic E-state index is 6.56. The zero-order valence-corrected chi connectivity index (χ0v) is 38.8. The van der Waals surface area contributed by atoms with Crippen molar-refractivity contribution in [2.75, 3.05) is 19.8 Å². The molecule has 1 rings (SSSR count). The Balaban J connectivity index is 2.46. The summed E-state index contributed by atoms with van der Waals surface area (Å²) in [6.07, 6.45) is 54.3. The normalized spacial score (nSPS) is 11.4. The lowest BCUT2D eigenvalue weighted by Gasteiger charge is -2.19. The maximum Gasteiger partial charge on any atom is 0.203 e. The molecule has 0 saturated carbocycles. The molecule has 0 unspecified atom stereocenters. The van der Waals surface area contributed by atoms with Gasteiger partial charge in [-0.2, -0.15) is 0 Å². The van der Waals surface area contributed by atoms with Crippen LogP contribution >= 0.6 is 0 Å². The Hall–Kier alpha value is -1.38. The third-order valence-corrected chi connectivity index (χ3v) is 12.0. The molecule has 0 heterocycles. The highest BCUT2D eigenvalue weighted by molar-refractivity contribution is 5.54. The first-order chi connectivity index (χ1) is 27.8. The van der Waals surface area contributed by atoms with Gasteiger partial charge >= 0.3 is 0 Å². The number of benzene rings is 1. The smallest absolute Gasteiger partial charge is 0.203 e. The van der Waals surface area contributed by atoms with Crippen LogP contribution in [0.15, 0.2) is 12.1 Å². The zero-order valence-electron chi connectivity index (χ0n) is 38.8. The molecule has 0 saturated heterocycles. The standard InChI is InChI=1S/C53H100O3/c1-5-9-12-15-18-21-24-27-30-33-36-39-42-45-54-51-48-50(8-4)49-52(55-46-43-40-37-34-31-28-25-22-19-16-13-10-6-2)53(51)56-47-44-41-38-35-32-29-26-23-20-17-14-11-7-3/h48-49H,5-47H2,1-4H3. The molecule has 0 aliphatic rings. The molecule has 0 N–H and O–H groups in total. The van der Waals surface area contributed by atoms with Crippen molar-refractivity contribution in [3.63, 3.8) is 0 Å². The van der Waals surface area contributed by atoms with Gasteiger partial charge in [0, 0.05) is 0 Å². The Labute approximate surface area is 352 Å². The Kier molecular flexibility index (Phi) is 40.6. The highest BCUT2D eigenvalue weighted by Crippen LogP contribution is 2.40. The third kappa shape index (κ3) is 33.6. The Morgan fingerprint density at radius 1 is 0.268 bits per heavy atom. The molecule has 3 nitrogen and oxygen atoms in total. The van der Waals surface area contributed by atoms with Crippen LogP contribution in [-0.4, -0.2) is 19.8 Å². The van der Waals surface area contributed by atoms with Crippen LogP contribution in [0.2, 0.25) is 0 Å². The highest BCUT2D eigenvalue weighted by Gasteiger charge is 2.16. The van der Waals surface area contributed by atoms with Crippen LogP contribution in [0, 0.1) is 0 Å². The second-order valence-corrected chi connectivity index (χ2v) is 17.5. The minimum absolute atomic E-state index is 0.743. The van der Waals surface area contributed by atoms with E-state index in [1.165, 1.54) is 237 Å². The summed E-state index contributed by atoms with van der Waals surface area (Å²) < 4.78 is 19.6. The fraction of sp³-hybridized carbons (Fsp3) is 0.887. The molecule has 0 atom stereocenters. The molecule has 0 amide bonds. The average molecular weight is 785 g/mol. The topological polar surface area (TPSA) is 27.7 Å². The summed E-state index contributed by atoms with van der Waals surface area (Å²) in [4.78, 5) is 0. The van der Waals surface area contributed by atoms with E-state index in [0.717, 1.165) is 62.8 Å². The first-order valence-corrected chi connectivity index (χ1v) is 25.8. The molecular weight excluding hydrogens is 685 g/mol. The Bertz CT molecular complexity index is 859. The van der Waals surface area contributed by atoms with Gasteiger partial charge in [0.05, 0.1) is 19.8 Å². The number of ether oxygens (including phenoxy) is 3. The van der Waals surface area contributed by atoms with E-state index in [1.807, 2.05) is 0 Å². The Morgan fingerprint density at radius 2 is 0.482 bits per heavy atom. The lowest BCUT2D eigenvalue weighted by molar-refractivity contribution is 0.234. The van der Waals surface area contributed by atoms with E-state index in [1.54, 1.807) is 0 Å². The fourth-order valence-electron chi connectivity index (χ4n) is 8.09. The van der Waals surface area contributed by atoms with E-state index in [4.69, 9.17) is 14.2 Å². The minimum atomic E-state index is 0.743. The predicted octanol–water partition coefficient (Wildman–Crippen LogP) is 18.7. The first kappa shape index (κ1) is 52.6. The monoisotopic (exact) mass is 785 g/mol. The predicted molar refractivity (Wildman–Crippen MR) is 249 cm³/mol. The van der Waals surface area contributed by atoms with Crippen LogP contribution in [0.25, 0.3) is 0 Å². The van der Waals surface area contributed by atoms with E-state index in [0.29, 0.717) is 0 Å². The summed E-state index contributed by atoms with van der Waals surface area (Å²) in [5.74, 6) is 2.65. The van der Waals surface area contributed by atoms with Crippen LogP contribution < -0.4 is 14.2 Å². The number of hydrogen-bond acceptors (Lipinski definition) is 3. The van der Waals surface area contributed by atoms with E-state index in [2.05, 4.69) is 39.8 Å². The number of rotatable bonds is 46. The molecule has 0 radical (unpaired) electrons. The molecule has 0 aromatic heterocycles. The third-order valence-electron chi connectivity index (χ3n) is 12.0. The molecule has 0 bridgehead atoms. The van der Waals surface area contributed by atoms with Crippen LogP contribution in [0.1, 0.15) is 284 Å².